The number of esters is 1. The van der Waals surface area contributed by atoms with Crippen LogP contribution in [0.5, 0.6) is 5.88 Å². The van der Waals surface area contributed by atoms with Crippen molar-refractivity contribution in [3.05, 3.63) is 60.2 Å². The molecule has 27 heavy (non-hydrogen) atoms. The smallest absolute Gasteiger partial charge is 0.325 e. The van der Waals surface area contributed by atoms with E-state index in [-0.39, 0.29) is 18.1 Å². The molecule has 3 aromatic rings. The minimum atomic E-state index is -1.46. The molecule has 0 unspecified atom stereocenters. The quantitative estimate of drug-likeness (QED) is 0.532. The number of aromatic hydroxyl groups is 1. The van der Waals surface area contributed by atoms with E-state index in [9.17, 15) is 19.8 Å². The number of methoxy groups -OCH3 is 1. The number of benzene rings is 2. The minimum absolute atomic E-state index is 0.0307. The van der Waals surface area contributed by atoms with Gasteiger partial charge in [-0.05, 0) is 11.6 Å². The summed E-state index contributed by atoms with van der Waals surface area (Å²) in [7, 11) is 1.25. The van der Waals surface area contributed by atoms with E-state index in [1.807, 2.05) is 0 Å². The average Bonchev–Trinajstić information content (AvgIpc) is 2.97. The van der Waals surface area contributed by atoms with Crippen LogP contribution in [0.2, 0.25) is 0 Å². The fourth-order valence-electron chi connectivity index (χ4n) is 2.66. The molecule has 0 saturated carbocycles. The van der Waals surface area contributed by atoms with Gasteiger partial charge >= 0.3 is 5.97 Å². The van der Waals surface area contributed by atoms with Gasteiger partial charge in [-0.2, -0.15) is 0 Å². The van der Waals surface area contributed by atoms with Crippen molar-refractivity contribution in [3.63, 3.8) is 0 Å². The van der Waals surface area contributed by atoms with Gasteiger partial charge in [-0.1, -0.05) is 48.5 Å². The largest absolute Gasteiger partial charge is 0.493 e. The number of hydrogen-bond donors (Lipinski definition) is 2. The van der Waals surface area contributed by atoms with Crippen LogP contribution < -0.4 is 0 Å². The summed E-state index contributed by atoms with van der Waals surface area (Å²) in [6, 6.07) is 15.2. The molecule has 138 valence electrons. The van der Waals surface area contributed by atoms with Crippen molar-refractivity contribution in [2.75, 3.05) is 7.11 Å². The lowest BCUT2D eigenvalue weighted by molar-refractivity contribution is -0.141. The Hall–Kier alpha value is -3.52. The summed E-state index contributed by atoms with van der Waals surface area (Å²) < 4.78 is 5.95. The van der Waals surface area contributed by atoms with Gasteiger partial charge in [0.1, 0.15) is 6.54 Å². The molecule has 8 nitrogen and oxygen atoms in total. The Morgan fingerprint density at radius 2 is 1.78 bits per heavy atom. The zero-order valence-corrected chi connectivity index (χ0v) is 14.4. The predicted octanol–water partition coefficient (Wildman–Crippen LogP) is 2.86. The molecule has 3 rings (SSSR count). The monoisotopic (exact) mass is 367 g/mol. The van der Waals surface area contributed by atoms with E-state index >= 15 is 0 Å². The van der Waals surface area contributed by atoms with Gasteiger partial charge in [0.2, 0.25) is 5.88 Å². The van der Waals surface area contributed by atoms with Crippen LogP contribution in [0, 0.1) is 0 Å². The third kappa shape index (κ3) is 3.70. The zero-order chi connectivity index (χ0) is 19.4. The highest BCUT2D eigenvalue weighted by Gasteiger charge is 2.20. The number of rotatable bonds is 5. The second-order valence-electron chi connectivity index (χ2n) is 5.70. The highest BCUT2D eigenvalue weighted by atomic mass is 16.5. The van der Waals surface area contributed by atoms with Crippen LogP contribution in [0.15, 0.2) is 64.8 Å². The van der Waals surface area contributed by atoms with Gasteiger partial charge in [-0.15, -0.1) is 10.2 Å². The van der Waals surface area contributed by atoms with E-state index < -0.39 is 18.0 Å². The molecular weight excluding hydrogens is 350 g/mol. The van der Waals surface area contributed by atoms with Crippen molar-refractivity contribution < 1.29 is 24.5 Å². The third-order valence-corrected chi connectivity index (χ3v) is 4.03. The molecule has 8 heteroatoms. The number of amides is 1. The van der Waals surface area contributed by atoms with Crippen LogP contribution in [-0.2, 0) is 20.9 Å². The van der Waals surface area contributed by atoms with Gasteiger partial charge in [-0.3, -0.25) is 14.2 Å². The highest BCUT2D eigenvalue weighted by molar-refractivity contribution is 5.96. The molecule has 0 saturated heterocycles. The Labute approximate surface area is 154 Å². The van der Waals surface area contributed by atoms with Gasteiger partial charge in [0.05, 0.1) is 12.6 Å². The summed E-state index contributed by atoms with van der Waals surface area (Å²) in [5.74, 6) is -1.75. The lowest BCUT2D eigenvalue weighted by Crippen LogP contribution is -2.10. The van der Waals surface area contributed by atoms with Crippen LogP contribution >= 0.6 is 0 Å². The van der Waals surface area contributed by atoms with Crippen LogP contribution in [0.4, 0.5) is 5.69 Å². The normalized spacial score (nSPS) is 12.4. The first-order valence-electron chi connectivity index (χ1n) is 8.08. The first kappa shape index (κ1) is 18.3. The Morgan fingerprint density at radius 1 is 1.11 bits per heavy atom. The molecule has 0 aliphatic carbocycles. The maximum absolute atomic E-state index is 12.1. The van der Waals surface area contributed by atoms with E-state index in [1.165, 1.54) is 11.7 Å². The average molecular weight is 367 g/mol. The SMILES string of the molecule is COC(=O)Cn1c(O)c(N=NC(=O)[C@H](O)c2ccccc2)c2ccccc21. The van der Waals surface area contributed by atoms with Crippen molar-refractivity contribution in [3.8, 4) is 5.88 Å². The van der Waals surface area contributed by atoms with Crippen LogP contribution in [0.1, 0.15) is 11.7 Å². The van der Waals surface area contributed by atoms with Crippen LogP contribution in [-0.4, -0.2) is 33.8 Å². The second kappa shape index (κ2) is 7.79. The third-order valence-electron chi connectivity index (χ3n) is 4.03. The van der Waals surface area contributed by atoms with Gasteiger partial charge in [0, 0.05) is 5.39 Å². The van der Waals surface area contributed by atoms with Gasteiger partial charge in [0.25, 0.3) is 5.91 Å². The number of nitrogens with zero attached hydrogens (tertiary/aromatic N) is 3. The predicted molar refractivity (Wildman–Crippen MR) is 96.5 cm³/mol. The Bertz CT molecular complexity index is 1010. The number of aliphatic hydroxyl groups is 1. The van der Waals surface area contributed by atoms with Gasteiger partial charge < -0.3 is 14.9 Å². The molecule has 0 bridgehead atoms. The fourth-order valence-corrected chi connectivity index (χ4v) is 2.66. The molecule has 1 atom stereocenters. The molecule has 0 aliphatic rings. The first-order valence-corrected chi connectivity index (χ1v) is 8.08. The lowest BCUT2D eigenvalue weighted by atomic mass is 10.1. The molecule has 1 amide bonds. The van der Waals surface area contributed by atoms with Crippen molar-refractivity contribution in [2.45, 2.75) is 12.6 Å². The Balaban J connectivity index is 1.95. The number of carbonyl (C=O) groups is 2. The topological polar surface area (TPSA) is 113 Å². The summed E-state index contributed by atoms with van der Waals surface area (Å²) in [4.78, 5) is 23.7. The Morgan fingerprint density at radius 3 is 2.48 bits per heavy atom. The maximum Gasteiger partial charge on any atom is 0.325 e. The van der Waals surface area contributed by atoms with Crippen molar-refractivity contribution in [1.82, 2.24) is 4.57 Å². The van der Waals surface area contributed by atoms with Gasteiger partial charge in [0.15, 0.2) is 11.8 Å². The molecule has 1 aromatic heterocycles. The van der Waals surface area contributed by atoms with E-state index in [0.29, 0.717) is 16.5 Å². The number of ether oxygens (including phenoxy) is 1. The molecule has 0 aliphatic heterocycles. The molecule has 0 radical (unpaired) electrons. The standard InChI is InChI=1S/C19H17N3O5/c1-27-15(23)11-22-14-10-6-5-9-13(14)16(19(22)26)20-21-18(25)17(24)12-7-3-2-4-8-12/h2-10,17,24,26H,11H2,1H3/t17-/m1/s1. The molecule has 0 spiro atoms. The molecule has 2 N–H and O–H groups in total. The van der Waals surface area contributed by atoms with E-state index in [4.69, 9.17) is 0 Å². The number of aromatic nitrogens is 1. The van der Waals surface area contributed by atoms with Crippen molar-refractivity contribution in [2.24, 2.45) is 10.2 Å². The number of fused-ring (bicyclic) bond motifs is 1. The summed E-state index contributed by atoms with van der Waals surface area (Å²) >= 11 is 0. The summed E-state index contributed by atoms with van der Waals surface area (Å²) in [5.41, 5.74) is 0.951. The van der Waals surface area contributed by atoms with Crippen LogP contribution in [0.25, 0.3) is 10.9 Å². The van der Waals surface area contributed by atoms with Crippen molar-refractivity contribution >= 4 is 28.5 Å². The maximum atomic E-state index is 12.1. The van der Waals surface area contributed by atoms with E-state index in [1.54, 1.807) is 54.6 Å². The second-order valence-corrected chi connectivity index (χ2v) is 5.70. The number of para-hydroxylation sites is 1. The zero-order valence-electron chi connectivity index (χ0n) is 14.4. The lowest BCUT2D eigenvalue weighted by Gasteiger charge is -2.05. The number of carbonyl (C=O) groups excluding carboxylic acids is 2. The number of hydrogen-bond acceptors (Lipinski definition) is 6. The Kier molecular flexibility index (Phi) is 5.28. The number of aliphatic hydroxyl groups excluding tert-OH is 1. The fraction of sp³-hybridized carbons (Fsp3) is 0.158. The van der Waals surface area contributed by atoms with E-state index in [2.05, 4.69) is 15.0 Å². The van der Waals surface area contributed by atoms with E-state index in [0.717, 1.165) is 0 Å². The summed E-state index contributed by atoms with van der Waals surface area (Å²) in [6.45, 7) is -0.223. The summed E-state index contributed by atoms with van der Waals surface area (Å²) in [5, 5.41) is 28.4. The highest BCUT2D eigenvalue weighted by Crippen LogP contribution is 2.38. The van der Waals surface area contributed by atoms with Crippen LogP contribution in [0.3, 0.4) is 0 Å². The number of azo groups is 1. The molecule has 2 aromatic carbocycles. The van der Waals surface area contributed by atoms with Gasteiger partial charge in [-0.25, -0.2) is 0 Å². The molecule has 1 heterocycles. The minimum Gasteiger partial charge on any atom is -0.493 e. The first-order chi connectivity index (χ1) is 13.0. The molecular formula is C19H17N3O5. The summed E-state index contributed by atoms with van der Waals surface area (Å²) in [6.07, 6.45) is -1.46. The van der Waals surface area contributed by atoms with Crippen molar-refractivity contribution in [1.29, 1.82) is 0 Å². The molecule has 0 fully saturated rings.